The van der Waals surface area contributed by atoms with Crippen molar-refractivity contribution in [1.29, 1.82) is 0 Å². The number of hydrogen-bond acceptors (Lipinski definition) is 5. The van der Waals surface area contributed by atoms with E-state index in [1.807, 2.05) is 37.4 Å². The van der Waals surface area contributed by atoms with E-state index in [2.05, 4.69) is 10.3 Å². The fourth-order valence-corrected chi connectivity index (χ4v) is 3.65. The van der Waals surface area contributed by atoms with Gasteiger partial charge in [-0.2, -0.15) is 0 Å². The Kier molecular flexibility index (Phi) is 3.90. The first kappa shape index (κ1) is 14.0. The molecule has 4 nitrogen and oxygen atoms in total. The molecule has 3 heterocycles. The van der Waals surface area contributed by atoms with E-state index in [-0.39, 0.29) is 5.91 Å². The fourth-order valence-electron chi connectivity index (χ4n) is 2.01. The fraction of sp³-hybridized carbons (Fsp3) is 0.200. The smallest absolute Gasteiger partial charge is 0.263 e. The summed E-state index contributed by atoms with van der Waals surface area (Å²) < 4.78 is 5.45. The highest BCUT2D eigenvalue weighted by Gasteiger charge is 2.13. The Morgan fingerprint density at radius 1 is 1.43 bits per heavy atom. The van der Waals surface area contributed by atoms with Crippen molar-refractivity contribution in [3.63, 3.8) is 0 Å². The molecule has 0 radical (unpaired) electrons. The van der Waals surface area contributed by atoms with Gasteiger partial charge in [0, 0.05) is 12.1 Å². The van der Waals surface area contributed by atoms with E-state index < -0.39 is 0 Å². The van der Waals surface area contributed by atoms with Crippen LogP contribution in [0, 0.1) is 13.8 Å². The molecular weight excluding hydrogens is 304 g/mol. The van der Waals surface area contributed by atoms with Gasteiger partial charge in [-0.05, 0) is 31.4 Å². The second kappa shape index (κ2) is 5.83. The van der Waals surface area contributed by atoms with E-state index in [1.54, 1.807) is 17.5 Å². The SMILES string of the molecule is Cc1cc(CNC(=O)c2cnc(-c3cccs3)s2)c(C)o1. The summed E-state index contributed by atoms with van der Waals surface area (Å²) in [6, 6.07) is 5.92. The second-order valence-electron chi connectivity index (χ2n) is 4.63. The molecule has 0 aliphatic heterocycles. The number of hydrogen-bond donors (Lipinski definition) is 1. The summed E-state index contributed by atoms with van der Waals surface area (Å²) in [6.45, 7) is 4.26. The van der Waals surface area contributed by atoms with Crippen LogP contribution < -0.4 is 5.32 Å². The molecule has 0 saturated heterocycles. The van der Waals surface area contributed by atoms with Crippen molar-refractivity contribution in [3.8, 4) is 9.88 Å². The van der Waals surface area contributed by atoms with E-state index in [4.69, 9.17) is 4.42 Å². The number of aryl methyl sites for hydroxylation is 2. The first-order chi connectivity index (χ1) is 10.1. The molecule has 3 aromatic heterocycles. The van der Waals surface area contributed by atoms with Gasteiger partial charge in [0.15, 0.2) is 0 Å². The Hall–Kier alpha value is -1.92. The standard InChI is InChI=1S/C15H14N2O2S2/c1-9-6-11(10(2)19-9)7-16-14(18)13-8-17-15(21-13)12-4-3-5-20-12/h3-6,8H,7H2,1-2H3,(H,16,18). The second-order valence-corrected chi connectivity index (χ2v) is 6.61. The molecule has 0 aromatic carbocycles. The lowest BCUT2D eigenvalue weighted by atomic mass is 10.2. The van der Waals surface area contributed by atoms with Crippen LogP contribution in [0.2, 0.25) is 0 Å². The molecule has 1 amide bonds. The van der Waals surface area contributed by atoms with Crippen LogP contribution in [0.1, 0.15) is 26.8 Å². The third kappa shape index (κ3) is 3.06. The van der Waals surface area contributed by atoms with Crippen molar-refractivity contribution in [2.24, 2.45) is 0 Å². The maximum absolute atomic E-state index is 12.2. The maximum Gasteiger partial charge on any atom is 0.263 e. The van der Waals surface area contributed by atoms with Crippen LogP contribution in [0.15, 0.2) is 34.2 Å². The van der Waals surface area contributed by atoms with Crippen molar-refractivity contribution in [3.05, 3.63) is 51.7 Å². The average molecular weight is 318 g/mol. The summed E-state index contributed by atoms with van der Waals surface area (Å²) in [5.41, 5.74) is 1.00. The Balaban J connectivity index is 1.67. The lowest BCUT2D eigenvalue weighted by Gasteiger charge is -2.01. The molecule has 6 heteroatoms. The summed E-state index contributed by atoms with van der Waals surface area (Å²) in [6.07, 6.45) is 1.63. The number of rotatable bonds is 4. The van der Waals surface area contributed by atoms with Gasteiger partial charge >= 0.3 is 0 Å². The van der Waals surface area contributed by atoms with Gasteiger partial charge in [-0.15, -0.1) is 22.7 Å². The van der Waals surface area contributed by atoms with Crippen LogP contribution >= 0.6 is 22.7 Å². The summed E-state index contributed by atoms with van der Waals surface area (Å²) in [5.74, 6) is 1.60. The van der Waals surface area contributed by atoms with Crippen LogP contribution in [-0.2, 0) is 6.54 Å². The van der Waals surface area contributed by atoms with Gasteiger partial charge in [0.1, 0.15) is 21.4 Å². The van der Waals surface area contributed by atoms with Gasteiger partial charge in [-0.3, -0.25) is 4.79 Å². The van der Waals surface area contributed by atoms with Gasteiger partial charge < -0.3 is 9.73 Å². The highest BCUT2D eigenvalue weighted by molar-refractivity contribution is 7.21. The van der Waals surface area contributed by atoms with Crippen LogP contribution in [-0.4, -0.2) is 10.9 Å². The minimum Gasteiger partial charge on any atom is -0.466 e. The van der Waals surface area contributed by atoms with Crippen LogP contribution in [0.3, 0.4) is 0 Å². The zero-order valence-corrected chi connectivity index (χ0v) is 13.3. The zero-order valence-electron chi connectivity index (χ0n) is 11.7. The molecule has 3 rings (SSSR count). The Labute approximate surface area is 130 Å². The third-order valence-corrected chi connectivity index (χ3v) is 5.08. The number of carbonyl (C=O) groups excluding carboxylic acids is 1. The number of nitrogens with zero attached hydrogens (tertiary/aromatic N) is 1. The highest BCUT2D eigenvalue weighted by atomic mass is 32.1. The molecule has 0 bridgehead atoms. The first-order valence-electron chi connectivity index (χ1n) is 6.47. The van der Waals surface area contributed by atoms with E-state index in [0.717, 1.165) is 27.0 Å². The predicted molar refractivity (Wildman–Crippen MR) is 84.8 cm³/mol. The van der Waals surface area contributed by atoms with Crippen LogP contribution in [0.5, 0.6) is 0 Å². The highest BCUT2D eigenvalue weighted by Crippen LogP contribution is 2.28. The first-order valence-corrected chi connectivity index (χ1v) is 8.17. The summed E-state index contributed by atoms with van der Waals surface area (Å²) in [4.78, 5) is 18.2. The Bertz CT molecular complexity index is 757. The molecule has 0 atom stereocenters. The number of thiophene rings is 1. The quantitative estimate of drug-likeness (QED) is 0.790. The molecule has 21 heavy (non-hydrogen) atoms. The third-order valence-electron chi connectivity index (χ3n) is 3.04. The molecule has 0 spiro atoms. The Morgan fingerprint density at radius 3 is 2.95 bits per heavy atom. The van der Waals surface area contributed by atoms with Gasteiger partial charge in [0.05, 0.1) is 11.1 Å². The lowest BCUT2D eigenvalue weighted by molar-refractivity contribution is 0.0954. The molecule has 1 N–H and O–H groups in total. The molecule has 108 valence electrons. The number of amides is 1. The summed E-state index contributed by atoms with van der Waals surface area (Å²) in [5, 5.41) is 5.78. The topological polar surface area (TPSA) is 55.1 Å². The zero-order chi connectivity index (χ0) is 14.8. The largest absolute Gasteiger partial charge is 0.466 e. The molecular formula is C15H14N2O2S2. The van der Waals surface area contributed by atoms with Gasteiger partial charge in [0.25, 0.3) is 5.91 Å². The van der Waals surface area contributed by atoms with Crippen molar-refractivity contribution in [1.82, 2.24) is 10.3 Å². The van der Waals surface area contributed by atoms with Crippen LogP contribution in [0.4, 0.5) is 0 Å². The predicted octanol–water partition coefficient (Wildman–Crippen LogP) is 4.01. The molecule has 3 aromatic rings. The van der Waals surface area contributed by atoms with Gasteiger partial charge in [-0.1, -0.05) is 6.07 Å². The van der Waals surface area contributed by atoms with Crippen molar-refractivity contribution in [2.75, 3.05) is 0 Å². The number of aromatic nitrogens is 1. The molecule has 0 unspecified atom stereocenters. The number of nitrogens with one attached hydrogen (secondary N) is 1. The number of furan rings is 1. The van der Waals surface area contributed by atoms with Crippen molar-refractivity contribution >= 4 is 28.6 Å². The number of thiazole rings is 1. The van der Waals surface area contributed by atoms with Gasteiger partial charge in [0.2, 0.25) is 0 Å². The van der Waals surface area contributed by atoms with E-state index in [9.17, 15) is 4.79 Å². The van der Waals surface area contributed by atoms with Gasteiger partial charge in [-0.25, -0.2) is 4.98 Å². The number of carbonyl (C=O) groups is 1. The lowest BCUT2D eigenvalue weighted by Crippen LogP contribution is -2.21. The van der Waals surface area contributed by atoms with Crippen molar-refractivity contribution < 1.29 is 9.21 Å². The normalized spacial score (nSPS) is 10.8. The average Bonchev–Trinajstić information content (AvgIpc) is 3.16. The maximum atomic E-state index is 12.2. The molecule has 0 aliphatic rings. The Morgan fingerprint density at radius 2 is 2.29 bits per heavy atom. The molecule has 0 aliphatic carbocycles. The summed E-state index contributed by atoms with van der Waals surface area (Å²) >= 11 is 3.03. The van der Waals surface area contributed by atoms with E-state index >= 15 is 0 Å². The minimum absolute atomic E-state index is 0.103. The molecule has 0 saturated carbocycles. The monoisotopic (exact) mass is 318 g/mol. The summed E-state index contributed by atoms with van der Waals surface area (Å²) in [7, 11) is 0. The van der Waals surface area contributed by atoms with Crippen molar-refractivity contribution in [2.45, 2.75) is 20.4 Å². The molecule has 0 fully saturated rings. The van der Waals surface area contributed by atoms with Crippen LogP contribution in [0.25, 0.3) is 9.88 Å². The van der Waals surface area contributed by atoms with E-state index in [0.29, 0.717) is 11.4 Å². The van der Waals surface area contributed by atoms with E-state index in [1.165, 1.54) is 11.3 Å². The minimum atomic E-state index is -0.103.